The molecule has 2 aromatic heterocycles. The first-order chi connectivity index (χ1) is 15.1. The highest BCUT2D eigenvalue weighted by atomic mass is 32.1. The number of hydrogen-bond donors (Lipinski definition) is 3. The quantitative estimate of drug-likeness (QED) is 0.444. The molecule has 0 spiro atoms. The summed E-state index contributed by atoms with van der Waals surface area (Å²) in [5, 5.41) is 5.59. The molecule has 0 atom stereocenters. The summed E-state index contributed by atoms with van der Waals surface area (Å²) in [6, 6.07) is 10.8. The smallest absolute Gasteiger partial charge is 0.319 e. The van der Waals surface area contributed by atoms with E-state index >= 15 is 0 Å². The van der Waals surface area contributed by atoms with Gasteiger partial charge in [-0.15, -0.1) is 0 Å². The first-order valence-electron chi connectivity index (χ1n) is 9.64. The Hall–Kier alpha value is -3.66. The van der Waals surface area contributed by atoms with Crippen molar-refractivity contribution in [3.63, 3.8) is 0 Å². The fourth-order valence-electron chi connectivity index (χ4n) is 2.70. The zero-order chi connectivity index (χ0) is 22.1. The zero-order valence-corrected chi connectivity index (χ0v) is 17.8. The average molecular weight is 442 g/mol. The number of nitrogens with zero attached hydrogens (tertiary/aromatic N) is 2. The van der Waals surface area contributed by atoms with Crippen LogP contribution < -0.4 is 25.8 Å². The number of nitrogens with two attached hydrogens (primary N) is 1. The van der Waals surface area contributed by atoms with Gasteiger partial charge in [0.2, 0.25) is 5.88 Å². The third-order valence-corrected chi connectivity index (χ3v) is 4.91. The number of aromatic nitrogens is 2. The predicted molar refractivity (Wildman–Crippen MR) is 118 cm³/mol. The third-order valence-electron chi connectivity index (χ3n) is 4.17. The van der Waals surface area contributed by atoms with Crippen LogP contribution in [0.25, 0.3) is 0 Å². The number of amides is 3. The fraction of sp³-hybridized carbons (Fsp3) is 0.238. The lowest BCUT2D eigenvalue weighted by Gasteiger charge is -2.08. The molecule has 162 valence electrons. The lowest BCUT2D eigenvalue weighted by molar-refractivity contribution is 0.0996. The normalized spacial score (nSPS) is 10.4. The van der Waals surface area contributed by atoms with Crippen LogP contribution in [0.4, 0.5) is 9.80 Å². The van der Waals surface area contributed by atoms with Gasteiger partial charge in [0, 0.05) is 24.5 Å². The molecule has 0 aliphatic carbocycles. The molecule has 4 N–H and O–H groups in total. The number of nitrogens with one attached hydrogen (secondary N) is 2. The van der Waals surface area contributed by atoms with Gasteiger partial charge in [-0.1, -0.05) is 18.2 Å². The molecule has 0 fully saturated rings. The van der Waals surface area contributed by atoms with Crippen molar-refractivity contribution in [2.75, 3.05) is 18.5 Å². The summed E-state index contributed by atoms with van der Waals surface area (Å²) in [5.74, 6) is 0.147. The van der Waals surface area contributed by atoms with Gasteiger partial charge in [-0.25, -0.2) is 4.79 Å². The molecule has 3 aromatic rings. The third kappa shape index (κ3) is 6.41. The zero-order valence-electron chi connectivity index (χ0n) is 17.0. The Bertz CT molecular complexity index is 1010. The maximum absolute atomic E-state index is 12.2. The van der Waals surface area contributed by atoms with Crippen molar-refractivity contribution in [2.45, 2.75) is 20.0 Å². The van der Waals surface area contributed by atoms with Crippen molar-refractivity contribution >= 4 is 28.5 Å². The lowest BCUT2D eigenvalue weighted by Crippen LogP contribution is -2.31. The van der Waals surface area contributed by atoms with Crippen LogP contribution in [-0.2, 0) is 13.0 Å². The second-order valence-corrected chi connectivity index (χ2v) is 7.19. The van der Waals surface area contributed by atoms with E-state index in [2.05, 4.69) is 20.0 Å². The maximum atomic E-state index is 12.2. The molecule has 0 aliphatic rings. The summed E-state index contributed by atoms with van der Waals surface area (Å²) < 4.78 is 15.1. The SMILES string of the molecule is CCOc1ccc(CCNC(=O)Nc2snc(OCc3cccnc3)c2C(N)=O)cc1. The van der Waals surface area contributed by atoms with Crippen LogP contribution in [0.5, 0.6) is 11.6 Å². The van der Waals surface area contributed by atoms with E-state index in [0.717, 1.165) is 28.4 Å². The first kappa shape index (κ1) is 22.0. The second kappa shape index (κ2) is 10.9. The molecule has 0 saturated heterocycles. The van der Waals surface area contributed by atoms with Crippen LogP contribution in [0.2, 0.25) is 0 Å². The van der Waals surface area contributed by atoms with Crippen molar-refractivity contribution in [3.8, 4) is 11.6 Å². The van der Waals surface area contributed by atoms with E-state index in [9.17, 15) is 9.59 Å². The topological polar surface area (TPSA) is 128 Å². The first-order valence-corrected chi connectivity index (χ1v) is 10.4. The van der Waals surface area contributed by atoms with Gasteiger partial charge >= 0.3 is 6.03 Å². The largest absolute Gasteiger partial charge is 0.494 e. The maximum Gasteiger partial charge on any atom is 0.319 e. The highest BCUT2D eigenvalue weighted by molar-refractivity contribution is 7.11. The number of hydrogen-bond acceptors (Lipinski definition) is 7. The van der Waals surface area contributed by atoms with E-state index < -0.39 is 11.9 Å². The van der Waals surface area contributed by atoms with Crippen LogP contribution in [0.15, 0.2) is 48.8 Å². The molecule has 0 unspecified atom stereocenters. The van der Waals surface area contributed by atoms with Crippen molar-refractivity contribution in [3.05, 3.63) is 65.5 Å². The van der Waals surface area contributed by atoms with E-state index in [-0.39, 0.29) is 23.1 Å². The van der Waals surface area contributed by atoms with Gasteiger partial charge in [-0.05, 0) is 48.6 Å². The molecule has 9 nitrogen and oxygen atoms in total. The number of benzene rings is 1. The number of carbonyl (C=O) groups excluding carboxylic acids is 2. The molecule has 0 bridgehead atoms. The Morgan fingerprint density at radius 1 is 1.13 bits per heavy atom. The minimum atomic E-state index is -0.736. The highest BCUT2D eigenvalue weighted by Crippen LogP contribution is 2.30. The Morgan fingerprint density at radius 3 is 2.61 bits per heavy atom. The Kier molecular flexibility index (Phi) is 7.77. The number of pyridine rings is 1. The van der Waals surface area contributed by atoms with Crippen LogP contribution in [0, 0.1) is 0 Å². The molecule has 0 radical (unpaired) electrons. The molecule has 31 heavy (non-hydrogen) atoms. The number of urea groups is 1. The van der Waals surface area contributed by atoms with Crippen molar-refractivity contribution < 1.29 is 19.1 Å². The van der Waals surface area contributed by atoms with Gasteiger partial charge in [-0.2, -0.15) is 4.37 Å². The van der Waals surface area contributed by atoms with Crippen molar-refractivity contribution in [1.82, 2.24) is 14.7 Å². The Morgan fingerprint density at radius 2 is 1.94 bits per heavy atom. The van der Waals surface area contributed by atoms with Gasteiger partial charge in [0.25, 0.3) is 5.91 Å². The fourth-order valence-corrected chi connectivity index (χ4v) is 3.43. The molecule has 2 heterocycles. The molecular formula is C21H23N5O4S. The number of primary amides is 1. The molecular weight excluding hydrogens is 418 g/mol. The molecule has 1 aromatic carbocycles. The van der Waals surface area contributed by atoms with Gasteiger partial charge in [0.05, 0.1) is 6.61 Å². The average Bonchev–Trinajstić information content (AvgIpc) is 3.17. The van der Waals surface area contributed by atoms with Gasteiger partial charge < -0.3 is 20.5 Å². The lowest BCUT2D eigenvalue weighted by atomic mass is 10.1. The van der Waals surface area contributed by atoms with E-state index in [1.54, 1.807) is 18.5 Å². The van der Waals surface area contributed by atoms with Gasteiger partial charge in [-0.3, -0.25) is 15.1 Å². The Labute approximate surface area is 183 Å². The molecule has 0 aliphatic heterocycles. The molecule has 10 heteroatoms. The number of carbonyl (C=O) groups is 2. The summed E-state index contributed by atoms with van der Waals surface area (Å²) in [4.78, 5) is 28.1. The second-order valence-electron chi connectivity index (χ2n) is 6.41. The van der Waals surface area contributed by atoms with Crippen LogP contribution in [0.1, 0.15) is 28.4 Å². The standard InChI is InChI=1S/C21H23N5O4S/c1-2-29-16-7-5-14(6-8-16)9-11-24-21(28)25-20-17(18(22)27)19(26-31-20)30-13-15-4-3-10-23-12-15/h3-8,10,12H,2,9,11,13H2,1H3,(H2,22,27)(H2,24,25,28). The summed E-state index contributed by atoms with van der Waals surface area (Å²) in [6.07, 6.45) is 3.94. The molecule has 3 amide bonds. The number of rotatable bonds is 10. The van der Waals surface area contributed by atoms with Crippen molar-refractivity contribution in [2.24, 2.45) is 5.73 Å². The summed E-state index contributed by atoms with van der Waals surface area (Å²) >= 11 is 0.927. The minimum absolute atomic E-state index is 0.0375. The monoisotopic (exact) mass is 441 g/mol. The number of ether oxygens (including phenoxy) is 2. The molecule has 0 saturated carbocycles. The highest BCUT2D eigenvalue weighted by Gasteiger charge is 2.22. The van der Waals surface area contributed by atoms with Gasteiger partial charge in [0.15, 0.2) is 0 Å². The molecule has 3 rings (SSSR count). The van der Waals surface area contributed by atoms with Crippen LogP contribution in [0.3, 0.4) is 0 Å². The number of anilines is 1. The Balaban J connectivity index is 1.53. The summed E-state index contributed by atoms with van der Waals surface area (Å²) in [5.41, 5.74) is 7.38. The summed E-state index contributed by atoms with van der Waals surface area (Å²) in [6.45, 7) is 3.13. The van der Waals surface area contributed by atoms with Crippen LogP contribution in [-0.4, -0.2) is 34.4 Å². The summed E-state index contributed by atoms with van der Waals surface area (Å²) in [7, 11) is 0. The predicted octanol–water partition coefficient (Wildman–Crippen LogP) is 2.98. The van der Waals surface area contributed by atoms with E-state index in [0.29, 0.717) is 19.6 Å². The van der Waals surface area contributed by atoms with Crippen LogP contribution >= 0.6 is 11.5 Å². The minimum Gasteiger partial charge on any atom is -0.494 e. The van der Waals surface area contributed by atoms with Gasteiger partial charge in [0.1, 0.15) is 22.9 Å². The van der Waals surface area contributed by atoms with E-state index in [1.807, 2.05) is 37.3 Å². The van der Waals surface area contributed by atoms with Crippen molar-refractivity contribution in [1.29, 1.82) is 0 Å². The van der Waals surface area contributed by atoms with E-state index in [4.69, 9.17) is 15.2 Å². The van der Waals surface area contributed by atoms with E-state index in [1.165, 1.54) is 0 Å².